The predicted molar refractivity (Wildman–Crippen MR) is 108 cm³/mol. The second-order valence-electron chi connectivity index (χ2n) is 6.15. The van der Waals surface area contributed by atoms with E-state index in [2.05, 4.69) is 27.0 Å². The number of carbonyl (C=O) groups excluding carboxylic acids is 1. The van der Waals surface area contributed by atoms with Crippen LogP contribution in [0.5, 0.6) is 5.75 Å². The van der Waals surface area contributed by atoms with Crippen molar-refractivity contribution in [1.29, 1.82) is 0 Å². The number of nitrogens with zero attached hydrogens (tertiary/aromatic N) is 2. The van der Waals surface area contributed by atoms with Gasteiger partial charge in [-0.2, -0.15) is 0 Å². The number of carbonyl (C=O) groups is 1. The Morgan fingerprint density at radius 3 is 2.59 bits per heavy atom. The third-order valence-corrected chi connectivity index (χ3v) is 5.27. The van der Waals surface area contributed by atoms with Crippen molar-refractivity contribution >= 4 is 17.7 Å². The van der Waals surface area contributed by atoms with Gasteiger partial charge in [-0.15, -0.1) is 0 Å². The zero-order valence-corrected chi connectivity index (χ0v) is 16.3. The summed E-state index contributed by atoms with van der Waals surface area (Å²) in [5, 5.41) is 3.58. The Morgan fingerprint density at radius 2 is 1.89 bits per heavy atom. The molecule has 0 saturated carbocycles. The van der Waals surface area contributed by atoms with Gasteiger partial charge in [0.1, 0.15) is 5.75 Å². The predicted octanol–water partition coefficient (Wildman–Crippen LogP) is 3.74. The number of benzene rings is 2. The minimum atomic E-state index is -0.236. The summed E-state index contributed by atoms with van der Waals surface area (Å²) in [6.45, 7) is 3.13. The Bertz CT molecular complexity index is 863. The van der Waals surface area contributed by atoms with Crippen molar-refractivity contribution in [2.24, 2.45) is 0 Å². The topological polar surface area (TPSA) is 56.1 Å². The molecule has 1 heterocycles. The van der Waals surface area contributed by atoms with Gasteiger partial charge >= 0.3 is 0 Å². The van der Waals surface area contributed by atoms with Gasteiger partial charge in [0.05, 0.1) is 12.4 Å². The van der Waals surface area contributed by atoms with Crippen LogP contribution in [-0.2, 0) is 17.9 Å². The van der Waals surface area contributed by atoms with Gasteiger partial charge in [0.2, 0.25) is 5.91 Å². The number of hydrogen-bond acceptors (Lipinski definition) is 4. The van der Waals surface area contributed by atoms with Crippen LogP contribution in [0.3, 0.4) is 0 Å². The van der Waals surface area contributed by atoms with Crippen LogP contribution in [0.4, 0.5) is 0 Å². The van der Waals surface area contributed by atoms with E-state index in [1.165, 1.54) is 17.3 Å². The SMILES string of the molecule is COc1ccc(CNC(=O)C(C)Sc2nccn2Cc2ccccc2)cc1. The largest absolute Gasteiger partial charge is 0.497 e. The van der Waals surface area contributed by atoms with Crippen molar-refractivity contribution in [3.8, 4) is 5.75 Å². The summed E-state index contributed by atoms with van der Waals surface area (Å²) < 4.78 is 7.21. The fourth-order valence-corrected chi connectivity index (χ4v) is 3.49. The number of methoxy groups -OCH3 is 1. The molecule has 0 aliphatic heterocycles. The molecule has 1 atom stereocenters. The molecule has 140 valence electrons. The second-order valence-corrected chi connectivity index (χ2v) is 7.46. The number of hydrogen-bond donors (Lipinski definition) is 1. The van der Waals surface area contributed by atoms with Gasteiger partial charge in [-0.25, -0.2) is 4.98 Å². The number of nitrogens with one attached hydrogen (secondary N) is 1. The van der Waals surface area contributed by atoms with E-state index >= 15 is 0 Å². The molecule has 5 nitrogen and oxygen atoms in total. The number of aromatic nitrogens is 2. The van der Waals surface area contributed by atoms with Crippen LogP contribution in [0.1, 0.15) is 18.1 Å². The van der Waals surface area contributed by atoms with E-state index in [1.807, 2.05) is 55.6 Å². The van der Waals surface area contributed by atoms with Gasteiger partial charge in [-0.05, 0) is 30.2 Å². The monoisotopic (exact) mass is 381 g/mol. The van der Waals surface area contributed by atoms with Crippen molar-refractivity contribution in [3.63, 3.8) is 0 Å². The van der Waals surface area contributed by atoms with Crippen LogP contribution in [0.15, 0.2) is 72.1 Å². The van der Waals surface area contributed by atoms with Crippen LogP contribution >= 0.6 is 11.8 Å². The molecule has 0 saturated heterocycles. The average molecular weight is 382 g/mol. The Hall–Kier alpha value is -2.73. The van der Waals surface area contributed by atoms with E-state index in [0.29, 0.717) is 6.54 Å². The first kappa shape index (κ1) is 19.0. The first-order valence-electron chi connectivity index (χ1n) is 8.78. The molecule has 0 bridgehead atoms. The zero-order chi connectivity index (χ0) is 19.1. The van der Waals surface area contributed by atoms with Gasteiger partial charge in [0, 0.05) is 25.5 Å². The van der Waals surface area contributed by atoms with Gasteiger partial charge < -0.3 is 14.6 Å². The van der Waals surface area contributed by atoms with Crippen molar-refractivity contribution in [1.82, 2.24) is 14.9 Å². The summed E-state index contributed by atoms with van der Waals surface area (Å²) in [7, 11) is 1.64. The highest BCUT2D eigenvalue weighted by molar-refractivity contribution is 8.00. The summed E-state index contributed by atoms with van der Waals surface area (Å²) in [6.07, 6.45) is 3.71. The maximum atomic E-state index is 12.4. The van der Waals surface area contributed by atoms with Crippen molar-refractivity contribution in [2.75, 3.05) is 7.11 Å². The Balaban J connectivity index is 1.54. The smallest absolute Gasteiger partial charge is 0.233 e. The van der Waals surface area contributed by atoms with Gasteiger partial charge in [0.25, 0.3) is 0 Å². The fourth-order valence-electron chi connectivity index (χ4n) is 2.60. The minimum Gasteiger partial charge on any atom is -0.497 e. The molecule has 0 radical (unpaired) electrons. The lowest BCUT2D eigenvalue weighted by atomic mass is 10.2. The number of ether oxygens (including phenoxy) is 1. The molecule has 3 aromatic rings. The van der Waals surface area contributed by atoms with Gasteiger partial charge in [-0.3, -0.25) is 4.79 Å². The molecular weight excluding hydrogens is 358 g/mol. The van der Waals surface area contributed by atoms with Gasteiger partial charge in [0.15, 0.2) is 5.16 Å². The Morgan fingerprint density at radius 1 is 1.15 bits per heavy atom. The van der Waals surface area contributed by atoms with Gasteiger partial charge in [-0.1, -0.05) is 54.2 Å². The summed E-state index contributed by atoms with van der Waals surface area (Å²) in [6, 6.07) is 17.9. The van der Waals surface area contributed by atoms with E-state index < -0.39 is 0 Å². The highest BCUT2D eigenvalue weighted by Crippen LogP contribution is 2.22. The normalized spacial score (nSPS) is 11.8. The summed E-state index contributed by atoms with van der Waals surface area (Å²) in [4.78, 5) is 16.8. The summed E-state index contributed by atoms with van der Waals surface area (Å²) >= 11 is 1.47. The van der Waals surface area contributed by atoms with Crippen LogP contribution in [-0.4, -0.2) is 27.8 Å². The van der Waals surface area contributed by atoms with Crippen LogP contribution in [0, 0.1) is 0 Å². The standard InChI is InChI=1S/C21H23N3O2S/c1-16(20(25)23-14-17-8-10-19(26-2)11-9-17)27-21-22-12-13-24(21)15-18-6-4-3-5-7-18/h3-13,16H,14-15H2,1-2H3,(H,23,25). The zero-order valence-electron chi connectivity index (χ0n) is 15.5. The molecule has 6 heteroatoms. The third kappa shape index (κ3) is 5.37. The molecule has 0 fully saturated rings. The molecule has 2 aromatic carbocycles. The number of thioether (sulfide) groups is 1. The minimum absolute atomic E-state index is 0.00919. The molecule has 0 aliphatic rings. The van der Waals surface area contributed by atoms with Crippen molar-refractivity contribution in [3.05, 3.63) is 78.1 Å². The van der Waals surface area contributed by atoms with Crippen LogP contribution in [0.25, 0.3) is 0 Å². The summed E-state index contributed by atoms with van der Waals surface area (Å²) in [5.74, 6) is 0.796. The Kier molecular flexibility index (Phi) is 6.54. The molecule has 3 rings (SSSR count). The van der Waals surface area contributed by atoms with E-state index in [1.54, 1.807) is 13.3 Å². The highest BCUT2D eigenvalue weighted by Gasteiger charge is 2.17. The third-order valence-electron chi connectivity index (χ3n) is 4.15. The molecule has 1 aromatic heterocycles. The molecular formula is C21H23N3O2S. The molecule has 1 unspecified atom stereocenters. The molecule has 1 N–H and O–H groups in total. The van der Waals surface area contributed by atoms with Crippen molar-refractivity contribution in [2.45, 2.75) is 30.4 Å². The lowest BCUT2D eigenvalue weighted by Crippen LogP contribution is -2.30. The first-order chi connectivity index (χ1) is 13.2. The lowest BCUT2D eigenvalue weighted by Gasteiger charge is -2.13. The molecule has 0 spiro atoms. The van der Waals surface area contributed by atoms with Crippen LogP contribution < -0.4 is 10.1 Å². The molecule has 1 amide bonds. The highest BCUT2D eigenvalue weighted by atomic mass is 32.2. The van der Waals surface area contributed by atoms with Crippen molar-refractivity contribution < 1.29 is 9.53 Å². The van der Waals surface area contributed by atoms with E-state index in [4.69, 9.17) is 4.74 Å². The van der Waals surface area contributed by atoms with Crippen LogP contribution in [0.2, 0.25) is 0 Å². The second kappa shape index (κ2) is 9.28. The number of amides is 1. The van der Waals surface area contributed by atoms with E-state index in [9.17, 15) is 4.79 Å². The fraction of sp³-hybridized carbons (Fsp3) is 0.238. The number of rotatable bonds is 8. The molecule has 27 heavy (non-hydrogen) atoms. The Labute approximate surface area is 163 Å². The average Bonchev–Trinajstić information content (AvgIpc) is 3.13. The maximum absolute atomic E-state index is 12.4. The molecule has 0 aliphatic carbocycles. The first-order valence-corrected chi connectivity index (χ1v) is 9.66. The quantitative estimate of drug-likeness (QED) is 0.604. The van der Waals surface area contributed by atoms with E-state index in [0.717, 1.165) is 23.0 Å². The maximum Gasteiger partial charge on any atom is 0.233 e. The van der Waals surface area contributed by atoms with E-state index in [-0.39, 0.29) is 11.2 Å². The lowest BCUT2D eigenvalue weighted by molar-refractivity contribution is -0.120. The summed E-state index contributed by atoms with van der Waals surface area (Å²) in [5.41, 5.74) is 2.24. The number of imidazole rings is 1.